The molecule has 1 fully saturated rings. The van der Waals surface area contributed by atoms with Gasteiger partial charge in [-0.1, -0.05) is 13.8 Å². The summed E-state index contributed by atoms with van der Waals surface area (Å²) in [5.41, 5.74) is 5.84. The van der Waals surface area contributed by atoms with Crippen molar-refractivity contribution in [1.29, 1.82) is 0 Å². The molecule has 0 radical (unpaired) electrons. The van der Waals surface area contributed by atoms with Crippen molar-refractivity contribution in [3.8, 4) is 0 Å². The summed E-state index contributed by atoms with van der Waals surface area (Å²) in [7, 11) is 0. The minimum absolute atomic E-state index is 0.0252. The van der Waals surface area contributed by atoms with Crippen LogP contribution >= 0.6 is 0 Å². The SMILES string of the molecule is CCC(CC)(CN)CNC(=O)C1CCCO1. The minimum Gasteiger partial charge on any atom is -0.368 e. The third-order valence-electron chi connectivity index (χ3n) is 3.79. The fourth-order valence-electron chi connectivity index (χ4n) is 2.03. The fourth-order valence-corrected chi connectivity index (χ4v) is 2.03. The van der Waals surface area contributed by atoms with E-state index in [-0.39, 0.29) is 17.4 Å². The maximum absolute atomic E-state index is 11.8. The van der Waals surface area contributed by atoms with Gasteiger partial charge in [0.25, 0.3) is 0 Å². The monoisotopic (exact) mass is 228 g/mol. The Balaban J connectivity index is 2.39. The van der Waals surface area contributed by atoms with Gasteiger partial charge in [0.05, 0.1) is 0 Å². The van der Waals surface area contributed by atoms with Crippen molar-refractivity contribution in [2.75, 3.05) is 19.7 Å². The average molecular weight is 228 g/mol. The molecule has 4 nitrogen and oxygen atoms in total. The first-order valence-corrected chi connectivity index (χ1v) is 6.27. The first-order valence-electron chi connectivity index (χ1n) is 6.27. The van der Waals surface area contributed by atoms with Gasteiger partial charge in [0.2, 0.25) is 5.91 Å². The number of hydrogen-bond donors (Lipinski definition) is 2. The lowest BCUT2D eigenvalue weighted by Gasteiger charge is -2.30. The largest absolute Gasteiger partial charge is 0.368 e. The molecule has 1 saturated heterocycles. The van der Waals surface area contributed by atoms with Crippen LogP contribution in [-0.2, 0) is 9.53 Å². The lowest BCUT2D eigenvalue weighted by Crippen LogP contribution is -2.44. The molecule has 16 heavy (non-hydrogen) atoms. The highest BCUT2D eigenvalue weighted by atomic mass is 16.5. The first-order chi connectivity index (χ1) is 7.67. The molecular formula is C12H24N2O2. The van der Waals surface area contributed by atoms with Crippen LogP contribution in [0.1, 0.15) is 39.5 Å². The van der Waals surface area contributed by atoms with Crippen molar-refractivity contribution in [2.45, 2.75) is 45.6 Å². The smallest absolute Gasteiger partial charge is 0.249 e. The van der Waals surface area contributed by atoms with E-state index in [1.54, 1.807) is 0 Å². The summed E-state index contributed by atoms with van der Waals surface area (Å²) in [6, 6.07) is 0. The molecule has 0 spiro atoms. The number of ether oxygens (including phenoxy) is 1. The maximum Gasteiger partial charge on any atom is 0.249 e. The Kier molecular flexibility index (Phi) is 5.22. The summed E-state index contributed by atoms with van der Waals surface area (Å²) in [5, 5.41) is 2.97. The van der Waals surface area contributed by atoms with Crippen molar-refractivity contribution < 1.29 is 9.53 Å². The molecule has 1 unspecified atom stereocenters. The quantitative estimate of drug-likeness (QED) is 0.714. The molecule has 0 aromatic rings. The standard InChI is InChI=1S/C12H24N2O2/c1-3-12(4-2,8-13)9-14-11(15)10-6-5-7-16-10/h10H,3-9,13H2,1-2H3,(H,14,15). The number of carbonyl (C=O) groups is 1. The molecule has 1 aliphatic heterocycles. The van der Waals surface area contributed by atoms with E-state index >= 15 is 0 Å². The van der Waals surface area contributed by atoms with Gasteiger partial charge in [0.15, 0.2) is 0 Å². The summed E-state index contributed by atoms with van der Waals surface area (Å²) in [4.78, 5) is 11.8. The van der Waals surface area contributed by atoms with Crippen molar-refractivity contribution in [3.05, 3.63) is 0 Å². The van der Waals surface area contributed by atoms with Gasteiger partial charge in [0.1, 0.15) is 6.10 Å². The van der Waals surface area contributed by atoms with Crippen molar-refractivity contribution in [1.82, 2.24) is 5.32 Å². The summed E-state index contributed by atoms with van der Waals surface area (Å²) in [6.45, 7) is 6.23. The van der Waals surface area contributed by atoms with E-state index in [2.05, 4.69) is 19.2 Å². The minimum atomic E-state index is -0.232. The van der Waals surface area contributed by atoms with Crippen LogP contribution in [-0.4, -0.2) is 31.7 Å². The van der Waals surface area contributed by atoms with Crippen LogP contribution in [0.5, 0.6) is 0 Å². The van der Waals surface area contributed by atoms with Crippen molar-refractivity contribution in [2.24, 2.45) is 11.1 Å². The van der Waals surface area contributed by atoms with Crippen LogP contribution in [0.4, 0.5) is 0 Å². The van der Waals surface area contributed by atoms with Crippen LogP contribution < -0.4 is 11.1 Å². The number of nitrogens with one attached hydrogen (secondary N) is 1. The van der Waals surface area contributed by atoms with Crippen molar-refractivity contribution >= 4 is 5.91 Å². The number of amides is 1. The molecule has 0 aliphatic carbocycles. The summed E-state index contributed by atoms with van der Waals surface area (Å²) in [5.74, 6) is 0.0252. The van der Waals surface area contributed by atoms with Crippen LogP contribution in [0.3, 0.4) is 0 Å². The van der Waals surface area contributed by atoms with Gasteiger partial charge in [-0.3, -0.25) is 4.79 Å². The van der Waals surface area contributed by atoms with Gasteiger partial charge in [0, 0.05) is 13.2 Å². The van der Waals surface area contributed by atoms with Gasteiger partial charge in [-0.25, -0.2) is 0 Å². The Hall–Kier alpha value is -0.610. The highest BCUT2D eigenvalue weighted by Crippen LogP contribution is 2.23. The molecule has 1 rings (SSSR count). The van der Waals surface area contributed by atoms with E-state index in [0.717, 1.165) is 25.7 Å². The Bertz CT molecular complexity index is 213. The van der Waals surface area contributed by atoms with Crippen LogP contribution in [0.25, 0.3) is 0 Å². The van der Waals surface area contributed by atoms with E-state index < -0.39 is 0 Å². The lowest BCUT2D eigenvalue weighted by molar-refractivity contribution is -0.130. The van der Waals surface area contributed by atoms with E-state index in [0.29, 0.717) is 19.7 Å². The molecule has 4 heteroatoms. The topological polar surface area (TPSA) is 64.3 Å². The fraction of sp³-hybridized carbons (Fsp3) is 0.917. The molecular weight excluding hydrogens is 204 g/mol. The molecule has 1 atom stereocenters. The third-order valence-corrected chi connectivity index (χ3v) is 3.79. The van der Waals surface area contributed by atoms with E-state index in [9.17, 15) is 4.79 Å². The zero-order chi connectivity index (χ0) is 12.0. The summed E-state index contributed by atoms with van der Waals surface area (Å²) < 4.78 is 5.34. The number of rotatable bonds is 6. The molecule has 0 aromatic heterocycles. The maximum atomic E-state index is 11.8. The van der Waals surface area contributed by atoms with Crippen molar-refractivity contribution in [3.63, 3.8) is 0 Å². The zero-order valence-corrected chi connectivity index (χ0v) is 10.4. The number of nitrogens with two attached hydrogens (primary N) is 1. The van der Waals surface area contributed by atoms with E-state index in [1.807, 2.05) is 0 Å². The Morgan fingerprint density at radius 3 is 2.62 bits per heavy atom. The predicted octanol–water partition coefficient (Wildman–Crippen LogP) is 1.05. The molecule has 0 aromatic carbocycles. The normalized spacial score (nSPS) is 21.1. The molecule has 94 valence electrons. The van der Waals surface area contributed by atoms with E-state index in [4.69, 9.17) is 10.5 Å². The Labute approximate surface area is 97.9 Å². The second-order valence-corrected chi connectivity index (χ2v) is 4.63. The second kappa shape index (κ2) is 6.21. The average Bonchev–Trinajstić information content (AvgIpc) is 2.85. The summed E-state index contributed by atoms with van der Waals surface area (Å²) >= 11 is 0. The first kappa shape index (κ1) is 13.5. The predicted molar refractivity (Wildman–Crippen MR) is 64.1 cm³/mol. The molecule has 0 bridgehead atoms. The molecule has 1 aliphatic rings. The molecule has 0 saturated carbocycles. The Morgan fingerprint density at radius 1 is 1.50 bits per heavy atom. The number of hydrogen-bond acceptors (Lipinski definition) is 3. The Morgan fingerprint density at radius 2 is 2.19 bits per heavy atom. The molecule has 3 N–H and O–H groups in total. The summed E-state index contributed by atoms with van der Waals surface area (Å²) in [6.07, 6.45) is 3.59. The zero-order valence-electron chi connectivity index (χ0n) is 10.4. The number of carbonyl (C=O) groups excluding carboxylic acids is 1. The second-order valence-electron chi connectivity index (χ2n) is 4.63. The van der Waals surface area contributed by atoms with Gasteiger partial charge < -0.3 is 15.8 Å². The highest BCUT2D eigenvalue weighted by Gasteiger charge is 2.28. The van der Waals surface area contributed by atoms with Crippen LogP contribution in [0.2, 0.25) is 0 Å². The van der Waals surface area contributed by atoms with Gasteiger partial charge >= 0.3 is 0 Å². The van der Waals surface area contributed by atoms with E-state index in [1.165, 1.54) is 0 Å². The molecule has 1 amide bonds. The lowest BCUT2D eigenvalue weighted by atomic mass is 9.82. The van der Waals surface area contributed by atoms with Gasteiger partial charge in [-0.15, -0.1) is 0 Å². The third kappa shape index (κ3) is 3.19. The highest BCUT2D eigenvalue weighted by molar-refractivity contribution is 5.80. The molecule has 1 heterocycles. The van der Waals surface area contributed by atoms with Crippen LogP contribution in [0.15, 0.2) is 0 Å². The van der Waals surface area contributed by atoms with Gasteiger partial charge in [-0.05, 0) is 37.6 Å². The van der Waals surface area contributed by atoms with Crippen LogP contribution in [0, 0.1) is 5.41 Å². The van der Waals surface area contributed by atoms with Gasteiger partial charge in [-0.2, -0.15) is 0 Å².